The van der Waals surface area contributed by atoms with Crippen LogP contribution >= 0.6 is 12.4 Å². The monoisotopic (exact) mass is 572 g/mol. The quantitative estimate of drug-likeness (QED) is 0.440. The summed E-state index contributed by atoms with van der Waals surface area (Å²) in [5, 5.41) is 0.776. The van der Waals surface area contributed by atoms with E-state index < -0.39 is 19.7 Å². The van der Waals surface area contributed by atoms with Crippen LogP contribution in [0, 0.1) is 0 Å². The predicted octanol–water partition coefficient (Wildman–Crippen LogP) is 4.19. The molecular formula is C28H29ClN2O5S2. The van der Waals surface area contributed by atoms with E-state index in [2.05, 4.69) is 36.1 Å². The molecule has 0 N–H and O–H groups in total. The molecule has 0 unspecified atom stereocenters. The molecule has 0 spiro atoms. The highest BCUT2D eigenvalue weighted by atomic mass is 35.5. The van der Waals surface area contributed by atoms with Crippen molar-refractivity contribution in [2.75, 3.05) is 26.2 Å². The van der Waals surface area contributed by atoms with Crippen molar-refractivity contribution in [3.8, 4) is 0 Å². The van der Waals surface area contributed by atoms with E-state index in [1.165, 1.54) is 41.5 Å². The van der Waals surface area contributed by atoms with Gasteiger partial charge in [0.1, 0.15) is 0 Å². The molecular weight excluding hydrogens is 544 g/mol. The smallest absolute Gasteiger partial charge is 0.254 e. The molecule has 2 aliphatic heterocycles. The Morgan fingerprint density at radius 2 is 1.47 bits per heavy atom. The zero-order valence-electron chi connectivity index (χ0n) is 20.9. The molecule has 200 valence electrons. The van der Waals surface area contributed by atoms with Gasteiger partial charge < -0.3 is 4.90 Å². The maximum absolute atomic E-state index is 13.6. The highest BCUT2D eigenvalue weighted by Crippen LogP contribution is 2.41. The Bertz CT molecular complexity index is 1580. The third-order valence-corrected chi connectivity index (χ3v) is 10.4. The standard InChI is InChI=1S/C28H28N2O5S2.ClH/c1-2-21-11-13-22(14-12-21)19-29-15-17-30(18-16-29)28(31)24-9-6-10-25-27(24)26(20-36(25,32)33)37(34,35)23-7-4-3-5-8-23;/h3-14,20H,2,15-19H2,1H3;1H. The first-order chi connectivity index (χ1) is 17.7. The Kier molecular flexibility index (Phi) is 8.13. The Balaban J connectivity index is 0.00000336. The van der Waals surface area contributed by atoms with E-state index in [9.17, 15) is 21.6 Å². The van der Waals surface area contributed by atoms with E-state index in [4.69, 9.17) is 0 Å². The lowest BCUT2D eigenvalue weighted by molar-refractivity contribution is 0.0628. The largest absolute Gasteiger partial charge is 0.336 e. The van der Waals surface area contributed by atoms with Gasteiger partial charge in [-0.1, -0.05) is 55.5 Å². The van der Waals surface area contributed by atoms with Crippen molar-refractivity contribution in [2.24, 2.45) is 0 Å². The van der Waals surface area contributed by atoms with Gasteiger partial charge in [-0.2, -0.15) is 0 Å². The van der Waals surface area contributed by atoms with Gasteiger partial charge in [-0.25, -0.2) is 16.8 Å². The molecule has 5 rings (SSSR count). The number of hydrogen-bond acceptors (Lipinski definition) is 6. The van der Waals surface area contributed by atoms with E-state index in [1.54, 1.807) is 23.1 Å². The van der Waals surface area contributed by atoms with Crippen LogP contribution in [0.3, 0.4) is 0 Å². The van der Waals surface area contributed by atoms with Crippen LogP contribution in [0.5, 0.6) is 0 Å². The van der Waals surface area contributed by atoms with Gasteiger partial charge >= 0.3 is 0 Å². The van der Waals surface area contributed by atoms with Crippen LogP contribution in [0.2, 0.25) is 0 Å². The average Bonchev–Trinajstić information content (AvgIpc) is 3.21. The SMILES string of the molecule is CCc1ccc(CN2CCN(C(=O)c3cccc4c3C(S(=O)(=O)c3ccccc3)=CS4(=O)=O)CC2)cc1.Cl. The minimum atomic E-state index is -4.16. The molecule has 0 saturated carbocycles. The summed E-state index contributed by atoms with van der Waals surface area (Å²) in [5.41, 5.74) is 2.56. The lowest BCUT2D eigenvalue weighted by Crippen LogP contribution is -2.48. The third-order valence-electron chi connectivity index (χ3n) is 6.91. The van der Waals surface area contributed by atoms with Crippen LogP contribution < -0.4 is 0 Å². The van der Waals surface area contributed by atoms with Crippen molar-refractivity contribution in [1.29, 1.82) is 0 Å². The summed E-state index contributed by atoms with van der Waals surface area (Å²) in [5.74, 6) is -0.366. The number of amides is 1. The van der Waals surface area contributed by atoms with Gasteiger partial charge in [-0.05, 0) is 41.8 Å². The highest BCUT2D eigenvalue weighted by Gasteiger charge is 2.39. The number of sulfone groups is 2. The summed E-state index contributed by atoms with van der Waals surface area (Å²) >= 11 is 0. The summed E-state index contributed by atoms with van der Waals surface area (Å²) in [7, 11) is -8.16. The average molecular weight is 573 g/mol. The number of halogens is 1. The Morgan fingerprint density at radius 3 is 2.11 bits per heavy atom. The molecule has 0 radical (unpaired) electrons. The molecule has 1 amide bonds. The molecule has 0 aromatic heterocycles. The van der Waals surface area contributed by atoms with Crippen LogP contribution in [-0.4, -0.2) is 58.7 Å². The van der Waals surface area contributed by atoms with Gasteiger partial charge in [0.15, 0.2) is 0 Å². The summed E-state index contributed by atoms with van der Waals surface area (Å²) in [4.78, 5) is 17.0. The van der Waals surface area contributed by atoms with Crippen molar-refractivity contribution >= 4 is 42.9 Å². The van der Waals surface area contributed by atoms with Crippen molar-refractivity contribution in [3.63, 3.8) is 0 Å². The number of carbonyl (C=O) groups is 1. The number of nitrogens with zero attached hydrogens (tertiary/aromatic N) is 2. The fraction of sp³-hybridized carbons (Fsp3) is 0.250. The summed E-state index contributed by atoms with van der Waals surface area (Å²) in [6.45, 7) is 5.17. The minimum absolute atomic E-state index is 0. The Morgan fingerprint density at radius 1 is 0.842 bits per heavy atom. The van der Waals surface area contributed by atoms with Gasteiger partial charge in [0.05, 0.1) is 20.1 Å². The second-order valence-corrected chi connectivity index (χ2v) is 12.9. The molecule has 2 heterocycles. The van der Waals surface area contributed by atoms with Crippen LogP contribution in [0.1, 0.15) is 34.0 Å². The Labute approximate surface area is 230 Å². The third kappa shape index (κ3) is 5.29. The normalized spacial score (nSPS) is 16.9. The van der Waals surface area contributed by atoms with Crippen LogP contribution in [0.4, 0.5) is 0 Å². The molecule has 1 fully saturated rings. The lowest BCUT2D eigenvalue weighted by Gasteiger charge is -2.35. The van der Waals surface area contributed by atoms with E-state index in [0.29, 0.717) is 26.2 Å². The van der Waals surface area contributed by atoms with Gasteiger partial charge in [-0.15, -0.1) is 12.4 Å². The van der Waals surface area contributed by atoms with E-state index in [-0.39, 0.29) is 44.1 Å². The molecule has 0 atom stereocenters. The lowest BCUT2D eigenvalue weighted by atomic mass is 10.1. The predicted molar refractivity (Wildman–Crippen MR) is 149 cm³/mol. The second kappa shape index (κ2) is 11.0. The zero-order chi connectivity index (χ0) is 26.2. The number of hydrogen-bond donors (Lipinski definition) is 0. The molecule has 7 nitrogen and oxygen atoms in total. The number of piperazine rings is 1. The maximum atomic E-state index is 13.6. The van der Waals surface area contributed by atoms with Crippen molar-refractivity contribution < 1.29 is 21.6 Å². The number of fused-ring (bicyclic) bond motifs is 1. The molecule has 3 aromatic carbocycles. The van der Waals surface area contributed by atoms with E-state index in [1.807, 2.05) is 0 Å². The number of aryl methyl sites for hydroxylation is 1. The molecule has 1 saturated heterocycles. The summed E-state index contributed by atoms with van der Waals surface area (Å²) in [6, 6.07) is 20.6. The zero-order valence-corrected chi connectivity index (χ0v) is 23.4. The number of rotatable bonds is 6. The van der Waals surface area contributed by atoms with Crippen LogP contribution in [0.25, 0.3) is 4.91 Å². The molecule has 3 aromatic rings. The van der Waals surface area contributed by atoms with Crippen LogP contribution in [-0.2, 0) is 32.6 Å². The second-order valence-electron chi connectivity index (χ2n) is 9.26. The Hall–Kier alpha value is -2.98. The van der Waals surface area contributed by atoms with Gasteiger partial charge in [-0.3, -0.25) is 9.69 Å². The fourth-order valence-electron chi connectivity index (χ4n) is 4.81. The van der Waals surface area contributed by atoms with Gasteiger partial charge in [0.25, 0.3) is 5.91 Å². The summed E-state index contributed by atoms with van der Waals surface area (Å²) < 4.78 is 52.6. The molecule has 2 aliphatic rings. The first-order valence-corrected chi connectivity index (χ1v) is 15.2. The molecule has 10 heteroatoms. The van der Waals surface area contributed by atoms with Gasteiger partial charge in [0, 0.05) is 43.9 Å². The molecule has 0 aliphatic carbocycles. The van der Waals surface area contributed by atoms with E-state index in [0.717, 1.165) is 18.4 Å². The molecule has 38 heavy (non-hydrogen) atoms. The highest BCUT2D eigenvalue weighted by molar-refractivity contribution is 8.03. The number of carbonyl (C=O) groups excluding carboxylic acids is 1. The van der Waals surface area contributed by atoms with E-state index >= 15 is 0 Å². The first kappa shape index (κ1) is 28.0. The molecule has 0 bridgehead atoms. The number of benzene rings is 3. The summed E-state index contributed by atoms with van der Waals surface area (Å²) in [6.07, 6.45) is 0.995. The van der Waals surface area contributed by atoms with Crippen LogP contribution in [0.15, 0.2) is 88.0 Å². The fourth-order valence-corrected chi connectivity index (χ4v) is 8.31. The van der Waals surface area contributed by atoms with Gasteiger partial charge in [0.2, 0.25) is 19.7 Å². The van der Waals surface area contributed by atoms with Crippen molar-refractivity contribution in [2.45, 2.75) is 29.7 Å². The topological polar surface area (TPSA) is 91.8 Å². The van der Waals surface area contributed by atoms with Crippen molar-refractivity contribution in [1.82, 2.24) is 9.80 Å². The first-order valence-electron chi connectivity index (χ1n) is 12.2. The minimum Gasteiger partial charge on any atom is -0.336 e. The van der Waals surface area contributed by atoms with Crippen molar-refractivity contribution in [3.05, 3.63) is 100 Å². The maximum Gasteiger partial charge on any atom is 0.254 e.